The van der Waals surface area contributed by atoms with Crippen LogP contribution in [0.5, 0.6) is 0 Å². The summed E-state index contributed by atoms with van der Waals surface area (Å²) in [6, 6.07) is 7.03. The minimum Gasteiger partial charge on any atom is -0.373 e. The van der Waals surface area contributed by atoms with E-state index in [1.54, 1.807) is 23.1 Å². The highest BCUT2D eigenvalue weighted by molar-refractivity contribution is 9.10. The number of anilines is 1. The van der Waals surface area contributed by atoms with E-state index >= 15 is 0 Å². The molecule has 0 radical (unpaired) electrons. The van der Waals surface area contributed by atoms with E-state index in [1.165, 1.54) is 0 Å². The monoisotopic (exact) mass is 323 g/mol. The van der Waals surface area contributed by atoms with Crippen molar-refractivity contribution < 1.29 is 4.79 Å². The molecule has 0 aliphatic carbocycles. The molecule has 0 heterocycles. The minimum atomic E-state index is -0.302. The number of likely N-dealkylation sites (N-methyl/N-ethyl adjacent to an activating group) is 1. The first-order chi connectivity index (χ1) is 9.03. The Morgan fingerprint density at radius 2 is 2.11 bits per heavy atom. The second-order valence-corrected chi connectivity index (χ2v) is 5.04. The third kappa shape index (κ3) is 3.97. The average Bonchev–Trinajstić information content (AvgIpc) is 2.42. The summed E-state index contributed by atoms with van der Waals surface area (Å²) >= 11 is 3.40. The number of benzene rings is 1. The second-order valence-electron chi connectivity index (χ2n) is 4.18. The summed E-state index contributed by atoms with van der Waals surface area (Å²) in [4.78, 5) is 13.9. The quantitative estimate of drug-likeness (QED) is 0.906. The molecule has 4 nitrogen and oxygen atoms in total. The third-order valence-corrected chi connectivity index (χ3v) is 3.57. The van der Waals surface area contributed by atoms with Crippen LogP contribution in [0.2, 0.25) is 0 Å². The van der Waals surface area contributed by atoms with Crippen molar-refractivity contribution in [3.63, 3.8) is 0 Å². The van der Waals surface area contributed by atoms with E-state index in [-0.39, 0.29) is 11.9 Å². The summed E-state index contributed by atoms with van der Waals surface area (Å²) in [5.74, 6) is 0.0706. The Kier molecular flexibility index (Phi) is 5.84. The zero-order valence-electron chi connectivity index (χ0n) is 11.4. The fourth-order valence-electron chi connectivity index (χ4n) is 1.81. The SMILES string of the molecule is CCN(CC)C(=O)C(C)Nc1ccc(C#N)cc1Br. The fourth-order valence-corrected chi connectivity index (χ4v) is 2.30. The van der Waals surface area contributed by atoms with Crippen molar-refractivity contribution >= 4 is 27.5 Å². The molecule has 0 saturated carbocycles. The van der Waals surface area contributed by atoms with Gasteiger partial charge < -0.3 is 10.2 Å². The lowest BCUT2D eigenvalue weighted by atomic mass is 10.2. The predicted molar refractivity (Wildman–Crippen MR) is 79.9 cm³/mol. The van der Waals surface area contributed by atoms with Crippen LogP contribution in [-0.2, 0) is 4.79 Å². The van der Waals surface area contributed by atoms with Gasteiger partial charge in [0.05, 0.1) is 11.6 Å². The van der Waals surface area contributed by atoms with Crippen LogP contribution in [0.25, 0.3) is 0 Å². The van der Waals surface area contributed by atoms with Crippen LogP contribution in [0.15, 0.2) is 22.7 Å². The van der Waals surface area contributed by atoms with Gasteiger partial charge in [0.15, 0.2) is 0 Å². The number of halogens is 1. The maximum absolute atomic E-state index is 12.1. The van der Waals surface area contributed by atoms with E-state index in [4.69, 9.17) is 5.26 Å². The van der Waals surface area contributed by atoms with Gasteiger partial charge in [-0.25, -0.2) is 0 Å². The molecule has 0 aliphatic heterocycles. The van der Waals surface area contributed by atoms with Crippen molar-refractivity contribution in [2.24, 2.45) is 0 Å². The third-order valence-electron chi connectivity index (χ3n) is 2.92. The highest BCUT2D eigenvalue weighted by Gasteiger charge is 2.18. The maximum Gasteiger partial charge on any atom is 0.244 e. The normalized spacial score (nSPS) is 11.5. The Morgan fingerprint density at radius 1 is 1.47 bits per heavy atom. The van der Waals surface area contributed by atoms with Crippen molar-refractivity contribution in [1.29, 1.82) is 5.26 Å². The molecule has 0 spiro atoms. The number of carbonyl (C=O) groups excluding carboxylic acids is 1. The van der Waals surface area contributed by atoms with E-state index in [0.717, 1.165) is 10.2 Å². The van der Waals surface area contributed by atoms with Crippen LogP contribution in [0.4, 0.5) is 5.69 Å². The summed E-state index contributed by atoms with van der Waals surface area (Å²) in [7, 11) is 0. The van der Waals surface area contributed by atoms with Crippen LogP contribution >= 0.6 is 15.9 Å². The van der Waals surface area contributed by atoms with Gasteiger partial charge in [0, 0.05) is 23.2 Å². The zero-order valence-corrected chi connectivity index (χ0v) is 13.0. The Hall–Kier alpha value is -1.54. The molecule has 1 atom stereocenters. The number of nitrogens with zero attached hydrogens (tertiary/aromatic N) is 2. The Morgan fingerprint density at radius 3 is 2.58 bits per heavy atom. The topological polar surface area (TPSA) is 56.1 Å². The van der Waals surface area contributed by atoms with Crippen molar-refractivity contribution in [3.05, 3.63) is 28.2 Å². The van der Waals surface area contributed by atoms with Gasteiger partial charge in [-0.2, -0.15) is 5.26 Å². The van der Waals surface area contributed by atoms with Gasteiger partial charge in [0.1, 0.15) is 6.04 Å². The molecular formula is C14H18BrN3O. The first-order valence-corrected chi connectivity index (χ1v) is 7.07. The Labute approximate surface area is 122 Å². The van der Waals surface area contributed by atoms with Crippen LogP contribution in [0.3, 0.4) is 0 Å². The van der Waals surface area contributed by atoms with Crippen molar-refractivity contribution in [3.8, 4) is 6.07 Å². The summed E-state index contributed by atoms with van der Waals surface area (Å²) in [6.45, 7) is 7.18. The lowest BCUT2D eigenvalue weighted by molar-refractivity contribution is -0.131. The molecule has 0 aliphatic rings. The van der Waals surface area contributed by atoms with Gasteiger partial charge in [0.25, 0.3) is 0 Å². The highest BCUT2D eigenvalue weighted by atomic mass is 79.9. The van der Waals surface area contributed by atoms with Gasteiger partial charge in [-0.05, 0) is 54.9 Å². The van der Waals surface area contributed by atoms with E-state index in [2.05, 4.69) is 27.3 Å². The smallest absolute Gasteiger partial charge is 0.244 e. The van der Waals surface area contributed by atoms with Gasteiger partial charge >= 0.3 is 0 Å². The van der Waals surface area contributed by atoms with Crippen LogP contribution in [0, 0.1) is 11.3 Å². The summed E-state index contributed by atoms with van der Waals surface area (Å²) in [6.07, 6.45) is 0. The van der Waals surface area contributed by atoms with Crippen LogP contribution in [-0.4, -0.2) is 29.9 Å². The van der Waals surface area contributed by atoms with Gasteiger partial charge in [-0.15, -0.1) is 0 Å². The summed E-state index contributed by atoms with van der Waals surface area (Å²) in [5.41, 5.74) is 1.40. The van der Waals surface area contributed by atoms with Gasteiger partial charge in [-0.3, -0.25) is 4.79 Å². The van der Waals surface area contributed by atoms with E-state index < -0.39 is 0 Å². The number of amides is 1. The largest absolute Gasteiger partial charge is 0.373 e. The van der Waals surface area contributed by atoms with Crippen LogP contribution in [0.1, 0.15) is 26.3 Å². The zero-order chi connectivity index (χ0) is 14.4. The standard InChI is InChI=1S/C14H18BrN3O/c1-4-18(5-2)14(19)10(3)17-13-7-6-11(9-16)8-12(13)15/h6-8,10,17H,4-5H2,1-3H3. The highest BCUT2D eigenvalue weighted by Crippen LogP contribution is 2.24. The molecule has 1 aromatic rings. The van der Waals surface area contributed by atoms with Crippen LogP contribution < -0.4 is 5.32 Å². The lowest BCUT2D eigenvalue weighted by Gasteiger charge is -2.24. The number of nitrogens with one attached hydrogen (secondary N) is 1. The van der Waals surface area contributed by atoms with E-state index in [9.17, 15) is 4.79 Å². The van der Waals surface area contributed by atoms with Gasteiger partial charge in [-0.1, -0.05) is 0 Å². The second kappa shape index (κ2) is 7.15. The van der Waals surface area contributed by atoms with Crippen molar-refractivity contribution in [1.82, 2.24) is 4.90 Å². The first kappa shape index (κ1) is 15.5. The molecule has 1 amide bonds. The summed E-state index contributed by atoms with van der Waals surface area (Å²) in [5, 5.41) is 12.0. The summed E-state index contributed by atoms with van der Waals surface area (Å²) < 4.78 is 0.783. The number of carbonyl (C=O) groups is 1. The molecule has 1 aromatic carbocycles. The van der Waals surface area contributed by atoms with E-state index in [1.807, 2.05) is 20.8 Å². The number of hydrogen-bond donors (Lipinski definition) is 1. The number of rotatable bonds is 5. The van der Waals surface area contributed by atoms with Crippen molar-refractivity contribution in [2.75, 3.05) is 18.4 Å². The maximum atomic E-state index is 12.1. The average molecular weight is 324 g/mol. The molecular weight excluding hydrogens is 306 g/mol. The molecule has 5 heteroatoms. The predicted octanol–water partition coefficient (Wildman–Crippen LogP) is 2.99. The molecule has 0 saturated heterocycles. The molecule has 102 valence electrons. The molecule has 1 unspecified atom stereocenters. The fraction of sp³-hybridized carbons (Fsp3) is 0.429. The molecule has 0 fully saturated rings. The Balaban J connectivity index is 2.80. The number of hydrogen-bond acceptors (Lipinski definition) is 3. The Bertz CT molecular complexity index is 492. The lowest BCUT2D eigenvalue weighted by Crippen LogP contribution is -2.41. The molecule has 0 bridgehead atoms. The molecule has 1 N–H and O–H groups in total. The van der Waals surface area contributed by atoms with Gasteiger partial charge in [0.2, 0.25) is 5.91 Å². The first-order valence-electron chi connectivity index (χ1n) is 6.28. The molecule has 0 aromatic heterocycles. The molecule has 1 rings (SSSR count). The number of nitriles is 1. The minimum absolute atomic E-state index is 0.0706. The van der Waals surface area contributed by atoms with Crippen molar-refractivity contribution in [2.45, 2.75) is 26.8 Å². The molecule has 19 heavy (non-hydrogen) atoms. The van der Waals surface area contributed by atoms with E-state index in [0.29, 0.717) is 18.7 Å².